The third kappa shape index (κ3) is 2.87. The van der Waals surface area contributed by atoms with Crippen molar-refractivity contribution in [1.82, 2.24) is 19.9 Å². The molecule has 1 aliphatic heterocycles. The number of piperidine rings is 1. The molecule has 4 rings (SSSR count). The Hall–Kier alpha value is -2.76. The fourth-order valence-corrected chi connectivity index (χ4v) is 3.05. The minimum Gasteiger partial charge on any atom is -0.354 e. The zero-order valence-corrected chi connectivity index (χ0v) is 13.2. The Bertz CT molecular complexity index is 825. The van der Waals surface area contributed by atoms with Crippen molar-refractivity contribution in [2.45, 2.75) is 19.3 Å². The molecule has 0 unspecified atom stereocenters. The first-order chi connectivity index (χ1) is 11.8. The molecule has 1 aromatic carbocycles. The summed E-state index contributed by atoms with van der Waals surface area (Å²) in [5.74, 6) is 1.37. The Morgan fingerprint density at radius 3 is 2.67 bits per heavy atom. The van der Waals surface area contributed by atoms with Gasteiger partial charge in [0.15, 0.2) is 17.5 Å². The monoisotopic (exact) mass is 323 g/mol. The van der Waals surface area contributed by atoms with Crippen molar-refractivity contribution in [1.29, 1.82) is 0 Å². The van der Waals surface area contributed by atoms with Crippen LogP contribution in [0.1, 0.15) is 19.3 Å². The van der Waals surface area contributed by atoms with Gasteiger partial charge >= 0.3 is 0 Å². The number of nitrogens with zero attached hydrogens (tertiary/aromatic N) is 4. The van der Waals surface area contributed by atoms with Gasteiger partial charge in [-0.3, -0.25) is 0 Å². The molecule has 2 aromatic heterocycles. The Morgan fingerprint density at radius 1 is 1.04 bits per heavy atom. The summed E-state index contributed by atoms with van der Waals surface area (Å²) in [6, 6.07) is 7.80. The van der Waals surface area contributed by atoms with Crippen LogP contribution in [-0.4, -0.2) is 33.0 Å². The van der Waals surface area contributed by atoms with E-state index in [-0.39, 0.29) is 5.82 Å². The van der Waals surface area contributed by atoms with E-state index in [0.29, 0.717) is 11.6 Å². The van der Waals surface area contributed by atoms with E-state index in [1.807, 2.05) is 29.2 Å². The summed E-state index contributed by atoms with van der Waals surface area (Å²) in [6.45, 7) is 1.69. The van der Waals surface area contributed by atoms with E-state index in [4.69, 9.17) is 0 Å². The molecule has 3 aromatic rings. The molecule has 0 saturated carbocycles. The second-order valence-corrected chi connectivity index (χ2v) is 5.93. The second kappa shape index (κ2) is 6.39. The van der Waals surface area contributed by atoms with E-state index in [0.717, 1.165) is 42.9 Å². The lowest BCUT2D eigenvalue weighted by molar-refractivity contribution is 0.547. The fraction of sp³-hybridized carbons (Fsp3) is 0.278. The van der Waals surface area contributed by atoms with Crippen LogP contribution >= 0.6 is 0 Å². The topological polar surface area (TPSA) is 57.7 Å². The number of halogens is 1. The second-order valence-electron chi connectivity index (χ2n) is 5.93. The summed E-state index contributed by atoms with van der Waals surface area (Å²) in [5.41, 5.74) is 1.80. The predicted molar refractivity (Wildman–Crippen MR) is 91.1 cm³/mol. The molecule has 0 radical (unpaired) electrons. The minimum absolute atomic E-state index is 0.358. The van der Waals surface area contributed by atoms with Gasteiger partial charge < -0.3 is 9.88 Å². The third-order valence-corrected chi connectivity index (χ3v) is 4.27. The quantitative estimate of drug-likeness (QED) is 0.799. The predicted octanol–water partition coefficient (Wildman–Crippen LogP) is 3.66. The summed E-state index contributed by atoms with van der Waals surface area (Å²) >= 11 is 0. The first kappa shape index (κ1) is 14.8. The van der Waals surface area contributed by atoms with Gasteiger partial charge in [0, 0.05) is 36.6 Å². The van der Waals surface area contributed by atoms with Crippen LogP contribution in [-0.2, 0) is 0 Å². The molecular weight excluding hydrogens is 305 g/mol. The highest BCUT2D eigenvalue weighted by atomic mass is 19.1. The average molecular weight is 323 g/mol. The van der Waals surface area contributed by atoms with Gasteiger partial charge in [-0.05, 0) is 25.3 Å². The SMILES string of the molecule is Fc1cnc(-c2cccc(-c3ncc[nH]3)c2)nc1N1CCCCC1. The van der Waals surface area contributed by atoms with Crippen LogP contribution in [0.2, 0.25) is 0 Å². The molecule has 5 nitrogen and oxygen atoms in total. The van der Waals surface area contributed by atoms with Crippen molar-refractivity contribution in [2.75, 3.05) is 18.0 Å². The lowest BCUT2D eigenvalue weighted by Gasteiger charge is -2.28. The molecule has 0 aliphatic carbocycles. The number of nitrogens with one attached hydrogen (secondary N) is 1. The number of rotatable bonds is 3. The van der Waals surface area contributed by atoms with Gasteiger partial charge in [0.05, 0.1) is 6.20 Å². The minimum atomic E-state index is -0.358. The first-order valence-corrected chi connectivity index (χ1v) is 8.19. The van der Waals surface area contributed by atoms with Crippen molar-refractivity contribution in [3.05, 3.63) is 48.7 Å². The zero-order chi connectivity index (χ0) is 16.4. The molecule has 0 amide bonds. The van der Waals surface area contributed by atoms with Gasteiger partial charge in [0.2, 0.25) is 0 Å². The molecule has 3 heterocycles. The van der Waals surface area contributed by atoms with E-state index >= 15 is 0 Å². The maximum atomic E-state index is 14.2. The van der Waals surface area contributed by atoms with Crippen LogP contribution in [0, 0.1) is 5.82 Å². The normalized spacial score (nSPS) is 14.8. The molecule has 0 atom stereocenters. The van der Waals surface area contributed by atoms with Crippen LogP contribution < -0.4 is 4.90 Å². The van der Waals surface area contributed by atoms with Gasteiger partial charge in [-0.2, -0.15) is 0 Å². The molecule has 1 aliphatic rings. The van der Waals surface area contributed by atoms with E-state index in [9.17, 15) is 4.39 Å². The molecule has 122 valence electrons. The number of H-pyrrole nitrogens is 1. The Kier molecular flexibility index (Phi) is 3.94. The van der Waals surface area contributed by atoms with Crippen LogP contribution in [0.4, 0.5) is 10.2 Å². The van der Waals surface area contributed by atoms with Crippen molar-refractivity contribution in [2.24, 2.45) is 0 Å². The largest absolute Gasteiger partial charge is 0.354 e. The third-order valence-electron chi connectivity index (χ3n) is 4.27. The van der Waals surface area contributed by atoms with E-state index < -0.39 is 0 Å². The lowest BCUT2D eigenvalue weighted by Crippen LogP contribution is -2.31. The fourth-order valence-electron chi connectivity index (χ4n) is 3.05. The summed E-state index contributed by atoms with van der Waals surface area (Å²) in [6.07, 6.45) is 8.11. The van der Waals surface area contributed by atoms with Crippen molar-refractivity contribution in [3.8, 4) is 22.8 Å². The van der Waals surface area contributed by atoms with Crippen LogP contribution in [0.25, 0.3) is 22.8 Å². The molecule has 1 N–H and O–H groups in total. The standard InChI is InChI=1S/C18H18FN5/c19-15-12-22-17(23-18(15)24-9-2-1-3-10-24)14-6-4-5-13(11-14)16-20-7-8-21-16/h4-8,11-12H,1-3,9-10H2,(H,20,21). The maximum Gasteiger partial charge on any atom is 0.183 e. The van der Waals surface area contributed by atoms with Crippen LogP contribution in [0.5, 0.6) is 0 Å². The number of hydrogen-bond acceptors (Lipinski definition) is 4. The first-order valence-electron chi connectivity index (χ1n) is 8.19. The van der Waals surface area contributed by atoms with E-state index in [1.54, 1.807) is 12.4 Å². The summed E-state index contributed by atoms with van der Waals surface area (Å²) in [7, 11) is 0. The van der Waals surface area contributed by atoms with Crippen molar-refractivity contribution >= 4 is 5.82 Å². The average Bonchev–Trinajstić information content (AvgIpc) is 3.18. The molecule has 1 fully saturated rings. The number of aromatic amines is 1. The number of benzene rings is 1. The van der Waals surface area contributed by atoms with Crippen LogP contribution in [0.3, 0.4) is 0 Å². The van der Waals surface area contributed by atoms with Gasteiger partial charge in [-0.25, -0.2) is 19.3 Å². The van der Waals surface area contributed by atoms with Crippen molar-refractivity contribution in [3.63, 3.8) is 0 Å². The summed E-state index contributed by atoms with van der Waals surface area (Å²) in [4.78, 5) is 18.0. The number of anilines is 1. The Morgan fingerprint density at radius 2 is 1.88 bits per heavy atom. The van der Waals surface area contributed by atoms with Gasteiger partial charge in [0.1, 0.15) is 5.82 Å². The maximum absolute atomic E-state index is 14.2. The highest BCUT2D eigenvalue weighted by Crippen LogP contribution is 2.26. The highest BCUT2D eigenvalue weighted by molar-refractivity contribution is 5.66. The van der Waals surface area contributed by atoms with Gasteiger partial charge in [-0.15, -0.1) is 0 Å². The summed E-state index contributed by atoms with van der Waals surface area (Å²) in [5, 5.41) is 0. The molecule has 0 bridgehead atoms. The number of hydrogen-bond donors (Lipinski definition) is 1. The number of imidazole rings is 1. The van der Waals surface area contributed by atoms with E-state index in [1.165, 1.54) is 12.6 Å². The lowest BCUT2D eigenvalue weighted by atomic mass is 10.1. The number of aromatic nitrogens is 4. The van der Waals surface area contributed by atoms with Gasteiger partial charge in [-0.1, -0.05) is 18.2 Å². The molecular formula is C18H18FN5. The molecule has 24 heavy (non-hydrogen) atoms. The molecule has 0 spiro atoms. The Labute approximate surface area is 139 Å². The van der Waals surface area contributed by atoms with Crippen LogP contribution in [0.15, 0.2) is 42.9 Å². The zero-order valence-electron chi connectivity index (χ0n) is 13.2. The smallest absolute Gasteiger partial charge is 0.183 e. The van der Waals surface area contributed by atoms with Gasteiger partial charge in [0.25, 0.3) is 0 Å². The molecule has 6 heteroatoms. The Balaban J connectivity index is 1.70. The summed E-state index contributed by atoms with van der Waals surface area (Å²) < 4.78 is 14.2. The molecule has 1 saturated heterocycles. The van der Waals surface area contributed by atoms with E-state index in [2.05, 4.69) is 19.9 Å². The highest BCUT2D eigenvalue weighted by Gasteiger charge is 2.18. The van der Waals surface area contributed by atoms with Crippen molar-refractivity contribution < 1.29 is 4.39 Å².